The Kier molecular flexibility index (Phi) is 7.57. The molecule has 0 fully saturated rings. The zero-order valence-electron chi connectivity index (χ0n) is 18.1. The molecule has 33 heavy (non-hydrogen) atoms. The number of aliphatic hydroxyl groups is 1. The number of aromatic nitrogens is 2. The maximum Gasteiger partial charge on any atom is 0.573 e. The van der Waals surface area contributed by atoms with Crippen molar-refractivity contribution in [1.82, 2.24) is 20.2 Å². The molecule has 0 bridgehead atoms. The van der Waals surface area contributed by atoms with Gasteiger partial charge in [-0.1, -0.05) is 13.0 Å². The number of amides is 2. The van der Waals surface area contributed by atoms with Gasteiger partial charge in [-0.3, -0.25) is 0 Å². The Labute approximate surface area is 188 Å². The summed E-state index contributed by atoms with van der Waals surface area (Å²) in [6, 6.07) is 1.86. The highest BCUT2D eigenvalue weighted by atomic mass is 19.4. The maximum atomic E-state index is 14.1. The number of carbonyl (C=O) groups is 1. The summed E-state index contributed by atoms with van der Waals surface area (Å²) >= 11 is 0. The minimum Gasteiger partial charge on any atom is -0.403 e. The molecular weight excluding hydrogens is 446 g/mol. The number of hydrogen-bond donors (Lipinski definition) is 3. The molecule has 1 aliphatic rings. The van der Waals surface area contributed by atoms with Crippen LogP contribution in [0.5, 0.6) is 5.75 Å². The van der Waals surface area contributed by atoms with Gasteiger partial charge in [0.2, 0.25) is 5.95 Å². The van der Waals surface area contributed by atoms with Crippen molar-refractivity contribution < 1.29 is 32.2 Å². The van der Waals surface area contributed by atoms with Crippen molar-refractivity contribution in [2.45, 2.75) is 51.7 Å². The van der Waals surface area contributed by atoms with E-state index in [2.05, 4.69) is 25.3 Å². The molecule has 0 unspecified atom stereocenters. The van der Waals surface area contributed by atoms with Gasteiger partial charge in [0.25, 0.3) is 0 Å². The van der Waals surface area contributed by atoms with Crippen molar-refractivity contribution in [3.8, 4) is 5.75 Å². The molecule has 0 saturated carbocycles. The number of ether oxygens (including phenoxy) is 1. The predicted octanol–water partition coefficient (Wildman–Crippen LogP) is 3.53. The van der Waals surface area contributed by atoms with Gasteiger partial charge < -0.3 is 25.4 Å². The van der Waals surface area contributed by atoms with Crippen molar-refractivity contribution >= 4 is 12.0 Å². The Hall–Kier alpha value is -3.15. The number of nitrogens with zero attached hydrogens (tertiary/aromatic N) is 3. The van der Waals surface area contributed by atoms with Gasteiger partial charge in [-0.25, -0.2) is 19.2 Å². The number of fused-ring (bicyclic) bond motifs is 1. The summed E-state index contributed by atoms with van der Waals surface area (Å²) in [7, 11) is 0. The molecule has 0 saturated heterocycles. The first-order valence-electron chi connectivity index (χ1n) is 10.4. The van der Waals surface area contributed by atoms with E-state index in [-0.39, 0.29) is 19.2 Å². The lowest BCUT2D eigenvalue weighted by molar-refractivity contribution is -0.275. The number of anilines is 1. The van der Waals surface area contributed by atoms with Gasteiger partial charge in [0.1, 0.15) is 0 Å². The molecule has 1 aliphatic heterocycles. The van der Waals surface area contributed by atoms with E-state index in [1.54, 1.807) is 24.9 Å². The van der Waals surface area contributed by atoms with Crippen LogP contribution in [0.4, 0.5) is 28.3 Å². The summed E-state index contributed by atoms with van der Waals surface area (Å²) in [4.78, 5) is 23.1. The lowest BCUT2D eigenvalue weighted by Crippen LogP contribution is -2.44. The van der Waals surface area contributed by atoms with E-state index in [4.69, 9.17) is 0 Å². The topological polar surface area (TPSA) is 99.6 Å². The number of benzene rings is 1. The summed E-state index contributed by atoms with van der Waals surface area (Å²) in [5.41, 5.74) is 1.91. The van der Waals surface area contributed by atoms with E-state index in [0.717, 1.165) is 17.7 Å². The molecule has 2 heterocycles. The molecule has 0 spiro atoms. The van der Waals surface area contributed by atoms with Gasteiger partial charge in [0.15, 0.2) is 11.6 Å². The smallest absolute Gasteiger partial charge is 0.403 e. The van der Waals surface area contributed by atoms with E-state index in [1.807, 2.05) is 0 Å². The van der Waals surface area contributed by atoms with Gasteiger partial charge >= 0.3 is 12.4 Å². The average molecular weight is 471 g/mol. The SMILES string of the molecule is CC[C@@H](NC(=O)N1CCc2cnc(N[C@@H](C)CO)nc2C1)c1ccc(OC(F)(F)F)c(F)c1. The molecule has 2 atom stereocenters. The molecule has 1 aromatic heterocycles. The molecule has 1 aromatic carbocycles. The number of rotatable bonds is 7. The third-order valence-corrected chi connectivity index (χ3v) is 5.17. The first kappa shape index (κ1) is 24.5. The number of aliphatic hydroxyl groups excluding tert-OH is 1. The standard InChI is InChI=1S/C21H25F4N5O3/c1-3-16(13-4-5-18(15(22)8-13)33-21(23,24)25)29-20(32)30-7-6-14-9-26-19(27-12(2)11-31)28-17(14)10-30/h4-5,8-9,12,16,31H,3,6-7,10-11H2,1-2H3,(H,29,32)(H,26,27,28)/t12-,16+/m0/s1. The lowest BCUT2D eigenvalue weighted by Gasteiger charge is -2.30. The van der Waals surface area contributed by atoms with Crippen LogP contribution < -0.4 is 15.4 Å². The number of nitrogens with one attached hydrogen (secondary N) is 2. The monoisotopic (exact) mass is 471 g/mol. The van der Waals surface area contributed by atoms with Crippen molar-refractivity contribution in [1.29, 1.82) is 0 Å². The first-order valence-corrected chi connectivity index (χ1v) is 10.4. The quantitative estimate of drug-likeness (QED) is 0.535. The fraction of sp³-hybridized carbons (Fsp3) is 0.476. The highest BCUT2D eigenvalue weighted by Crippen LogP contribution is 2.29. The molecule has 2 aromatic rings. The predicted molar refractivity (Wildman–Crippen MR) is 111 cm³/mol. The van der Waals surface area contributed by atoms with Crippen LogP contribution in [0.2, 0.25) is 0 Å². The molecule has 3 rings (SSSR count). The van der Waals surface area contributed by atoms with Crippen molar-refractivity contribution in [3.63, 3.8) is 0 Å². The zero-order chi connectivity index (χ0) is 24.2. The number of hydrogen-bond acceptors (Lipinski definition) is 6. The molecular formula is C21H25F4N5O3. The Bertz CT molecular complexity index is 989. The lowest BCUT2D eigenvalue weighted by atomic mass is 10.0. The maximum absolute atomic E-state index is 14.1. The van der Waals surface area contributed by atoms with Crippen LogP contribution in [-0.2, 0) is 13.0 Å². The second-order valence-corrected chi connectivity index (χ2v) is 7.71. The van der Waals surface area contributed by atoms with Gasteiger partial charge in [-0.2, -0.15) is 0 Å². The molecule has 180 valence electrons. The molecule has 12 heteroatoms. The second kappa shape index (κ2) is 10.2. The van der Waals surface area contributed by atoms with E-state index in [1.165, 1.54) is 6.07 Å². The fourth-order valence-corrected chi connectivity index (χ4v) is 3.41. The average Bonchev–Trinajstić information content (AvgIpc) is 2.77. The highest BCUT2D eigenvalue weighted by Gasteiger charge is 2.32. The third kappa shape index (κ3) is 6.44. The first-order chi connectivity index (χ1) is 15.6. The minimum atomic E-state index is -5.00. The zero-order valence-corrected chi connectivity index (χ0v) is 18.1. The van der Waals surface area contributed by atoms with Crippen LogP contribution in [-0.4, -0.2) is 51.6 Å². The van der Waals surface area contributed by atoms with Crippen LogP contribution in [0.3, 0.4) is 0 Å². The Balaban J connectivity index is 1.68. The number of urea groups is 1. The van der Waals surface area contributed by atoms with Gasteiger partial charge in [0, 0.05) is 18.8 Å². The molecule has 0 aliphatic carbocycles. The third-order valence-electron chi connectivity index (χ3n) is 5.17. The second-order valence-electron chi connectivity index (χ2n) is 7.71. The van der Waals surface area contributed by atoms with E-state index in [0.29, 0.717) is 36.6 Å². The Morgan fingerprint density at radius 3 is 2.76 bits per heavy atom. The summed E-state index contributed by atoms with van der Waals surface area (Å²) in [6.45, 7) is 4.11. The number of carbonyl (C=O) groups excluding carboxylic acids is 1. The summed E-state index contributed by atoms with van der Waals surface area (Å²) < 4.78 is 54.8. The van der Waals surface area contributed by atoms with Crippen molar-refractivity contribution in [2.75, 3.05) is 18.5 Å². The normalized spacial score (nSPS) is 15.4. The molecule has 3 N–H and O–H groups in total. The van der Waals surface area contributed by atoms with Gasteiger partial charge in [0.05, 0.1) is 24.9 Å². The molecule has 0 radical (unpaired) electrons. The van der Waals surface area contributed by atoms with E-state index < -0.39 is 30.0 Å². The van der Waals surface area contributed by atoms with Gasteiger partial charge in [-0.15, -0.1) is 13.2 Å². The van der Waals surface area contributed by atoms with Crippen LogP contribution in [0.15, 0.2) is 24.4 Å². The largest absolute Gasteiger partial charge is 0.573 e. The molecule has 2 amide bonds. The minimum absolute atomic E-state index is 0.0860. The van der Waals surface area contributed by atoms with Crippen molar-refractivity contribution in [2.24, 2.45) is 0 Å². The van der Waals surface area contributed by atoms with E-state index >= 15 is 0 Å². The van der Waals surface area contributed by atoms with Crippen molar-refractivity contribution in [3.05, 3.63) is 47.0 Å². The number of alkyl halides is 3. The van der Waals surface area contributed by atoms with Crippen LogP contribution in [0, 0.1) is 5.82 Å². The Morgan fingerprint density at radius 1 is 1.36 bits per heavy atom. The fourth-order valence-electron chi connectivity index (χ4n) is 3.41. The highest BCUT2D eigenvalue weighted by molar-refractivity contribution is 5.75. The Morgan fingerprint density at radius 2 is 2.12 bits per heavy atom. The summed E-state index contributed by atoms with van der Waals surface area (Å²) in [5, 5.41) is 14.9. The van der Waals surface area contributed by atoms with Gasteiger partial charge in [-0.05, 0) is 43.0 Å². The van der Waals surface area contributed by atoms with E-state index in [9.17, 15) is 27.5 Å². The summed E-state index contributed by atoms with van der Waals surface area (Å²) in [5.74, 6) is -1.75. The summed E-state index contributed by atoms with van der Waals surface area (Å²) in [6.07, 6.45) is -2.37. The van der Waals surface area contributed by atoms with Crippen LogP contribution in [0.25, 0.3) is 0 Å². The van der Waals surface area contributed by atoms with Crippen LogP contribution in [0.1, 0.15) is 43.1 Å². The number of halogens is 4. The van der Waals surface area contributed by atoms with Crippen LogP contribution >= 0.6 is 0 Å². The molecule has 8 nitrogen and oxygen atoms in total.